The van der Waals surface area contributed by atoms with Gasteiger partial charge in [-0.25, -0.2) is 0 Å². The second-order valence-electron chi connectivity index (χ2n) is 4.98. The zero-order valence-electron chi connectivity index (χ0n) is 11.5. The van der Waals surface area contributed by atoms with Gasteiger partial charge in [0, 0.05) is 23.9 Å². The standard InChI is InChI=1S/C18H15NO2/c20-16-11-12-19(15-9-5-2-6-10-15)17(13-16)18(21)14-7-3-1-4-8-14/h1-12,17H,13H2. The lowest BCUT2D eigenvalue weighted by Crippen LogP contribution is -2.42. The summed E-state index contributed by atoms with van der Waals surface area (Å²) >= 11 is 0. The molecule has 1 heterocycles. The number of hydrogen-bond donors (Lipinski definition) is 0. The van der Waals surface area contributed by atoms with E-state index in [4.69, 9.17) is 0 Å². The van der Waals surface area contributed by atoms with E-state index < -0.39 is 6.04 Å². The minimum atomic E-state index is -0.479. The fourth-order valence-corrected chi connectivity index (χ4v) is 2.50. The van der Waals surface area contributed by atoms with Crippen LogP contribution in [0.15, 0.2) is 72.9 Å². The largest absolute Gasteiger partial charge is 0.337 e. The molecule has 1 atom stereocenters. The summed E-state index contributed by atoms with van der Waals surface area (Å²) in [5.41, 5.74) is 1.54. The summed E-state index contributed by atoms with van der Waals surface area (Å²) < 4.78 is 0. The molecule has 0 bridgehead atoms. The van der Waals surface area contributed by atoms with Crippen LogP contribution in [0.3, 0.4) is 0 Å². The van der Waals surface area contributed by atoms with Crippen LogP contribution < -0.4 is 4.90 Å². The first-order valence-corrected chi connectivity index (χ1v) is 6.89. The zero-order valence-corrected chi connectivity index (χ0v) is 11.5. The maximum absolute atomic E-state index is 12.7. The lowest BCUT2D eigenvalue weighted by Gasteiger charge is -2.31. The fraction of sp³-hybridized carbons (Fsp3) is 0.111. The van der Waals surface area contributed by atoms with E-state index in [2.05, 4.69) is 0 Å². The molecule has 21 heavy (non-hydrogen) atoms. The Bertz CT molecular complexity index is 677. The number of rotatable bonds is 3. The number of nitrogens with zero attached hydrogens (tertiary/aromatic N) is 1. The molecule has 0 saturated carbocycles. The highest BCUT2D eigenvalue weighted by Crippen LogP contribution is 2.24. The first-order valence-electron chi connectivity index (χ1n) is 6.89. The van der Waals surface area contributed by atoms with E-state index in [0.29, 0.717) is 5.56 Å². The van der Waals surface area contributed by atoms with E-state index >= 15 is 0 Å². The first kappa shape index (κ1) is 13.3. The number of hydrogen-bond acceptors (Lipinski definition) is 3. The van der Waals surface area contributed by atoms with Crippen LogP contribution in [0.1, 0.15) is 16.8 Å². The molecule has 1 unspecified atom stereocenters. The third-order valence-corrected chi connectivity index (χ3v) is 3.57. The number of benzene rings is 2. The molecule has 0 amide bonds. The summed E-state index contributed by atoms with van der Waals surface area (Å²) in [6.07, 6.45) is 3.44. The minimum absolute atomic E-state index is 0.0172. The van der Waals surface area contributed by atoms with Gasteiger partial charge >= 0.3 is 0 Å². The van der Waals surface area contributed by atoms with Gasteiger partial charge in [0.25, 0.3) is 0 Å². The summed E-state index contributed by atoms with van der Waals surface area (Å²) in [5, 5.41) is 0. The third-order valence-electron chi connectivity index (χ3n) is 3.57. The number of carbonyl (C=O) groups excluding carboxylic acids is 2. The van der Waals surface area contributed by atoms with E-state index in [1.54, 1.807) is 18.3 Å². The van der Waals surface area contributed by atoms with E-state index in [9.17, 15) is 9.59 Å². The maximum atomic E-state index is 12.7. The van der Waals surface area contributed by atoms with Gasteiger partial charge in [-0.1, -0.05) is 48.5 Å². The van der Waals surface area contributed by atoms with Gasteiger partial charge in [0.15, 0.2) is 11.6 Å². The Morgan fingerprint density at radius 1 is 0.952 bits per heavy atom. The van der Waals surface area contributed by atoms with Gasteiger partial charge in [0.2, 0.25) is 0 Å². The van der Waals surface area contributed by atoms with Crippen molar-refractivity contribution in [3.05, 3.63) is 78.5 Å². The summed E-state index contributed by atoms with van der Waals surface area (Å²) in [7, 11) is 0. The van der Waals surface area contributed by atoms with Crippen molar-refractivity contribution in [2.24, 2.45) is 0 Å². The molecule has 2 aromatic rings. The molecule has 0 aliphatic carbocycles. The Kier molecular flexibility index (Phi) is 3.65. The number of Topliss-reactive ketones (excluding diaryl/α,β-unsaturated/α-hetero) is 1. The number of anilines is 1. The lowest BCUT2D eigenvalue weighted by atomic mass is 9.95. The van der Waals surface area contributed by atoms with Crippen LogP contribution in [0.5, 0.6) is 0 Å². The molecule has 3 nitrogen and oxygen atoms in total. The van der Waals surface area contributed by atoms with Crippen LogP contribution in [-0.4, -0.2) is 17.6 Å². The monoisotopic (exact) mass is 277 g/mol. The highest BCUT2D eigenvalue weighted by atomic mass is 16.1. The summed E-state index contributed by atoms with van der Waals surface area (Å²) in [6, 6.07) is 18.3. The van der Waals surface area contributed by atoms with Gasteiger partial charge in [-0.2, -0.15) is 0 Å². The SMILES string of the molecule is O=C1C=CN(c2ccccc2)C(C(=O)c2ccccc2)C1. The van der Waals surface area contributed by atoms with Gasteiger partial charge < -0.3 is 4.90 Å². The summed E-state index contributed by atoms with van der Waals surface area (Å²) in [4.78, 5) is 26.3. The fourth-order valence-electron chi connectivity index (χ4n) is 2.50. The highest BCUT2D eigenvalue weighted by Gasteiger charge is 2.30. The molecule has 104 valence electrons. The van der Waals surface area contributed by atoms with Crippen molar-refractivity contribution in [2.75, 3.05) is 4.90 Å². The Morgan fingerprint density at radius 2 is 1.57 bits per heavy atom. The average Bonchev–Trinajstić information content (AvgIpc) is 2.56. The van der Waals surface area contributed by atoms with Crippen molar-refractivity contribution in [2.45, 2.75) is 12.5 Å². The second kappa shape index (κ2) is 5.75. The number of para-hydroxylation sites is 1. The Labute approximate surface area is 123 Å². The summed E-state index contributed by atoms with van der Waals surface area (Å²) in [5.74, 6) is -0.0476. The molecule has 2 aromatic carbocycles. The smallest absolute Gasteiger partial charge is 0.186 e. The van der Waals surface area contributed by atoms with Crippen LogP contribution in [0.2, 0.25) is 0 Å². The maximum Gasteiger partial charge on any atom is 0.186 e. The second-order valence-corrected chi connectivity index (χ2v) is 4.98. The van der Waals surface area contributed by atoms with Crippen molar-refractivity contribution >= 4 is 17.3 Å². The van der Waals surface area contributed by atoms with Crippen molar-refractivity contribution in [3.63, 3.8) is 0 Å². The third kappa shape index (κ3) is 2.77. The van der Waals surface area contributed by atoms with Gasteiger partial charge in [-0.05, 0) is 18.2 Å². The van der Waals surface area contributed by atoms with Gasteiger partial charge in [-0.15, -0.1) is 0 Å². The minimum Gasteiger partial charge on any atom is -0.337 e. The normalized spacial score (nSPS) is 17.8. The molecular formula is C18H15NO2. The average molecular weight is 277 g/mol. The van der Waals surface area contributed by atoms with Crippen LogP contribution in [0.25, 0.3) is 0 Å². The van der Waals surface area contributed by atoms with Crippen LogP contribution in [0.4, 0.5) is 5.69 Å². The molecule has 3 heteroatoms. The summed E-state index contributed by atoms with van der Waals surface area (Å²) in [6.45, 7) is 0. The number of carbonyl (C=O) groups is 2. The van der Waals surface area contributed by atoms with Crippen LogP contribution in [0, 0.1) is 0 Å². The van der Waals surface area contributed by atoms with Crippen LogP contribution in [-0.2, 0) is 4.79 Å². The zero-order chi connectivity index (χ0) is 14.7. The molecule has 0 aromatic heterocycles. The van der Waals surface area contributed by atoms with Crippen molar-refractivity contribution < 1.29 is 9.59 Å². The molecule has 3 rings (SSSR count). The number of ketones is 2. The van der Waals surface area contributed by atoms with Gasteiger partial charge in [-0.3, -0.25) is 9.59 Å². The van der Waals surface area contributed by atoms with E-state index in [-0.39, 0.29) is 18.0 Å². The Balaban J connectivity index is 1.96. The van der Waals surface area contributed by atoms with Gasteiger partial charge in [0.05, 0.1) is 0 Å². The van der Waals surface area contributed by atoms with Crippen molar-refractivity contribution in [1.82, 2.24) is 0 Å². The highest BCUT2D eigenvalue weighted by molar-refractivity contribution is 6.07. The molecule has 1 aliphatic heterocycles. The molecule has 0 spiro atoms. The molecule has 1 aliphatic rings. The van der Waals surface area contributed by atoms with Gasteiger partial charge in [0.1, 0.15) is 6.04 Å². The lowest BCUT2D eigenvalue weighted by molar-refractivity contribution is -0.115. The Morgan fingerprint density at radius 3 is 2.24 bits per heavy atom. The van der Waals surface area contributed by atoms with E-state index in [1.165, 1.54) is 6.08 Å². The predicted octanol–water partition coefficient (Wildman–Crippen LogP) is 3.23. The molecule has 0 fully saturated rings. The first-order chi connectivity index (χ1) is 10.3. The molecular weight excluding hydrogens is 262 g/mol. The molecule has 0 N–H and O–H groups in total. The molecule has 0 saturated heterocycles. The van der Waals surface area contributed by atoms with E-state index in [1.807, 2.05) is 53.4 Å². The van der Waals surface area contributed by atoms with Crippen LogP contribution >= 0.6 is 0 Å². The Hall–Kier alpha value is -2.68. The molecule has 0 radical (unpaired) electrons. The van der Waals surface area contributed by atoms with Crippen molar-refractivity contribution in [3.8, 4) is 0 Å². The number of allylic oxidation sites excluding steroid dienone is 1. The van der Waals surface area contributed by atoms with Crippen molar-refractivity contribution in [1.29, 1.82) is 0 Å². The quantitative estimate of drug-likeness (QED) is 0.808. The van der Waals surface area contributed by atoms with E-state index in [0.717, 1.165) is 5.69 Å². The predicted molar refractivity (Wildman–Crippen MR) is 82.2 cm³/mol. The topological polar surface area (TPSA) is 37.4 Å².